The maximum Gasteiger partial charge on any atom is 0.394 e. The van der Waals surface area contributed by atoms with Crippen molar-refractivity contribution in [1.29, 1.82) is 0 Å². The fourth-order valence-corrected chi connectivity index (χ4v) is 2.55. The molecule has 1 saturated carbocycles. The van der Waals surface area contributed by atoms with Crippen LogP contribution in [0.2, 0.25) is 0 Å². The molecule has 0 aromatic carbocycles. The molecule has 22 heavy (non-hydrogen) atoms. The van der Waals surface area contributed by atoms with E-state index in [2.05, 4.69) is 17.9 Å². The van der Waals surface area contributed by atoms with Gasteiger partial charge in [-0.1, -0.05) is 32.1 Å². The highest BCUT2D eigenvalue weighted by Crippen LogP contribution is 2.20. The first kappa shape index (κ1) is 22.1. The van der Waals surface area contributed by atoms with E-state index in [1.165, 1.54) is 57.8 Å². The highest BCUT2D eigenvalue weighted by atomic mass is 32.3. The molecule has 0 bridgehead atoms. The van der Waals surface area contributed by atoms with Gasteiger partial charge in [-0.15, -0.1) is 0 Å². The number of unbranched alkanes of at least 4 members (excludes halogenated alkanes) is 3. The van der Waals surface area contributed by atoms with Crippen LogP contribution in [0, 0.1) is 0 Å². The molecule has 1 aliphatic rings. The Balaban J connectivity index is 0.000000763. The van der Waals surface area contributed by atoms with Gasteiger partial charge in [0.2, 0.25) is 0 Å². The average molecular weight is 358 g/mol. The molecule has 0 spiro atoms. The first-order valence-corrected chi connectivity index (χ1v) is 10.1. The van der Waals surface area contributed by atoms with Crippen LogP contribution in [0.4, 0.5) is 0 Å². The van der Waals surface area contributed by atoms with E-state index in [4.69, 9.17) is 22.3 Å². The number of nitrogens with one attached hydrogen (secondary N) is 1. The summed E-state index contributed by atoms with van der Waals surface area (Å²) in [6.07, 6.45) is 12.5. The van der Waals surface area contributed by atoms with Gasteiger partial charge in [0.05, 0.1) is 6.10 Å². The van der Waals surface area contributed by atoms with Crippen molar-refractivity contribution in [2.24, 2.45) is 0 Å². The molecule has 0 aromatic rings. The van der Waals surface area contributed by atoms with Gasteiger partial charge in [-0.3, -0.25) is 9.11 Å². The van der Waals surface area contributed by atoms with Crippen LogP contribution in [0.15, 0.2) is 0 Å². The van der Waals surface area contributed by atoms with Crippen molar-refractivity contribution in [1.82, 2.24) is 5.32 Å². The molecule has 0 saturated heterocycles. The Morgan fingerprint density at radius 3 is 2.18 bits per heavy atom. The van der Waals surface area contributed by atoms with Crippen LogP contribution in [0.3, 0.4) is 0 Å². The largest absolute Gasteiger partial charge is 0.394 e. The van der Waals surface area contributed by atoms with Crippen LogP contribution < -0.4 is 5.32 Å². The lowest BCUT2D eigenvalue weighted by atomic mass is 9.98. The number of ether oxygens (including phenoxy) is 1. The Kier molecular flexibility index (Phi) is 14.8. The molecular weight excluding hydrogens is 326 g/mol. The third-order valence-corrected chi connectivity index (χ3v) is 3.67. The van der Waals surface area contributed by atoms with E-state index in [-0.39, 0.29) is 0 Å². The van der Waals surface area contributed by atoms with E-state index in [9.17, 15) is 0 Å². The molecule has 1 rings (SSSR count). The molecular formula is C14H31NO5S2. The van der Waals surface area contributed by atoms with Gasteiger partial charge in [0.15, 0.2) is 0 Å². The van der Waals surface area contributed by atoms with Gasteiger partial charge in [-0.05, 0) is 32.2 Å². The van der Waals surface area contributed by atoms with Gasteiger partial charge < -0.3 is 10.1 Å². The Morgan fingerprint density at radius 1 is 1.00 bits per heavy atom. The zero-order chi connectivity index (χ0) is 16.7. The standard InChI is InChI=1S/C14H29NOS.H2O4S/c17-13-11-15-10-6-1-2-7-12-16-14-8-4-3-5-9-14;1-5(2,3)4/h14-15,17H,1-13H2;(H2,1,2,3,4). The van der Waals surface area contributed by atoms with Crippen molar-refractivity contribution < 1.29 is 22.3 Å². The molecule has 0 unspecified atom stereocenters. The van der Waals surface area contributed by atoms with Crippen molar-refractivity contribution in [3.63, 3.8) is 0 Å². The second-order valence-corrected chi connectivity index (χ2v) is 6.81. The van der Waals surface area contributed by atoms with Crippen molar-refractivity contribution >= 4 is 23.0 Å². The van der Waals surface area contributed by atoms with Crippen LogP contribution in [-0.2, 0) is 15.1 Å². The predicted molar refractivity (Wildman–Crippen MR) is 92.2 cm³/mol. The first-order chi connectivity index (χ1) is 10.4. The summed E-state index contributed by atoms with van der Waals surface area (Å²) in [5.41, 5.74) is 0. The van der Waals surface area contributed by atoms with Crippen molar-refractivity contribution in [2.75, 3.05) is 25.4 Å². The van der Waals surface area contributed by atoms with Crippen LogP contribution in [0.1, 0.15) is 57.8 Å². The van der Waals surface area contributed by atoms with Crippen molar-refractivity contribution in [2.45, 2.75) is 63.9 Å². The van der Waals surface area contributed by atoms with Gasteiger partial charge in [0, 0.05) is 18.9 Å². The van der Waals surface area contributed by atoms with Crippen LogP contribution >= 0.6 is 12.6 Å². The molecule has 6 nitrogen and oxygen atoms in total. The Morgan fingerprint density at radius 2 is 1.59 bits per heavy atom. The normalized spacial score (nSPS) is 16.1. The molecule has 134 valence electrons. The van der Waals surface area contributed by atoms with E-state index in [1.54, 1.807) is 0 Å². The Hall–Kier alpha value is 0.140. The second-order valence-electron chi connectivity index (χ2n) is 5.47. The van der Waals surface area contributed by atoms with Gasteiger partial charge in [0.25, 0.3) is 0 Å². The lowest BCUT2D eigenvalue weighted by Gasteiger charge is -2.21. The SMILES string of the molecule is O=S(=O)(O)O.SCCNCCCCCCOC1CCCCC1. The summed E-state index contributed by atoms with van der Waals surface area (Å²) in [5.74, 6) is 0.940. The summed E-state index contributed by atoms with van der Waals surface area (Å²) in [6, 6.07) is 0. The number of rotatable bonds is 10. The van der Waals surface area contributed by atoms with Crippen molar-refractivity contribution in [3.8, 4) is 0 Å². The highest BCUT2D eigenvalue weighted by Gasteiger charge is 2.12. The summed E-state index contributed by atoms with van der Waals surface area (Å²) in [7, 11) is -4.67. The van der Waals surface area contributed by atoms with Gasteiger partial charge in [-0.25, -0.2) is 0 Å². The zero-order valence-corrected chi connectivity index (χ0v) is 15.0. The molecule has 0 aromatic heterocycles. The summed E-state index contributed by atoms with van der Waals surface area (Å²) >= 11 is 4.16. The summed E-state index contributed by atoms with van der Waals surface area (Å²) < 4.78 is 37.5. The fourth-order valence-electron chi connectivity index (χ4n) is 2.39. The highest BCUT2D eigenvalue weighted by molar-refractivity contribution is 7.80. The number of hydrogen-bond acceptors (Lipinski definition) is 5. The Labute approximate surface area is 140 Å². The Bertz CT molecular complexity index is 324. The zero-order valence-electron chi connectivity index (χ0n) is 13.2. The monoisotopic (exact) mass is 357 g/mol. The van der Waals surface area contributed by atoms with Gasteiger partial charge in [0.1, 0.15) is 0 Å². The molecule has 8 heteroatoms. The molecule has 3 N–H and O–H groups in total. The van der Waals surface area contributed by atoms with Crippen LogP contribution in [0.25, 0.3) is 0 Å². The third-order valence-electron chi connectivity index (χ3n) is 3.44. The second kappa shape index (κ2) is 14.7. The van der Waals surface area contributed by atoms with Crippen LogP contribution in [-0.4, -0.2) is 49.1 Å². The number of thiol groups is 1. The van der Waals surface area contributed by atoms with E-state index in [0.29, 0.717) is 6.10 Å². The smallest absolute Gasteiger partial charge is 0.378 e. The molecule has 1 fully saturated rings. The minimum Gasteiger partial charge on any atom is -0.378 e. The first-order valence-electron chi connectivity index (χ1n) is 8.06. The summed E-state index contributed by atoms with van der Waals surface area (Å²) in [6.45, 7) is 3.16. The molecule has 0 amide bonds. The third kappa shape index (κ3) is 20.1. The van der Waals surface area contributed by atoms with E-state index >= 15 is 0 Å². The molecule has 0 heterocycles. The van der Waals surface area contributed by atoms with E-state index < -0.39 is 10.4 Å². The summed E-state index contributed by atoms with van der Waals surface area (Å²) in [5, 5.41) is 3.37. The quantitative estimate of drug-likeness (QED) is 0.273. The maximum absolute atomic E-state index is 8.74. The van der Waals surface area contributed by atoms with Crippen LogP contribution in [0.5, 0.6) is 0 Å². The molecule has 1 aliphatic carbocycles. The fraction of sp³-hybridized carbons (Fsp3) is 1.00. The predicted octanol–water partition coefficient (Wildman–Crippen LogP) is 2.76. The summed E-state index contributed by atoms with van der Waals surface area (Å²) in [4.78, 5) is 0. The van der Waals surface area contributed by atoms with Gasteiger partial charge in [-0.2, -0.15) is 21.0 Å². The van der Waals surface area contributed by atoms with E-state index in [0.717, 1.165) is 25.4 Å². The molecule has 0 radical (unpaired) electrons. The molecule has 0 atom stereocenters. The lowest BCUT2D eigenvalue weighted by Crippen LogP contribution is -2.18. The average Bonchev–Trinajstić information content (AvgIpc) is 2.45. The minimum absolute atomic E-state index is 0.584. The minimum atomic E-state index is -4.67. The maximum atomic E-state index is 8.74. The van der Waals surface area contributed by atoms with Crippen molar-refractivity contribution in [3.05, 3.63) is 0 Å². The van der Waals surface area contributed by atoms with Gasteiger partial charge >= 0.3 is 10.4 Å². The number of hydrogen-bond donors (Lipinski definition) is 4. The molecule has 0 aliphatic heterocycles. The topological polar surface area (TPSA) is 95.9 Å². The van der Waals surface area contributed by atoms with E-state index in [1.807, 2.05) is 0 Å². The lowest BCUT2D eigenvalue weighted by molar-refractivity contribution is 0.0263.